The Hall–Kier alpha value is 0.0900. The number of nitrogens with one attached hydrogen (secondary N) is 1. The molecule has 19 heavy (non-hydrogen) atoms. The average Bonchev–Trinajstić information content (AvgIpc) is 2.72. The molecule has 1 aliphatic carbocycles. The number of hydrogen-bond donors (Lipinski definition) is 1. The van der Waals surface area contributed by atoms with E-state index in [-0.39, 0.29) is 0 Å². The fourth-order valence-corrected chi connectivity index (χ4v) is 5.35. The summed E-state index contributed by atoms with van der Waals surface area (Å²) >= 11 is 6.62. The third kappa shape index (κ3) is 3.80. The maximum Gasteiger partial charge on any atom is 0.241 e. The van der Waals surface area contributed by atoms with Gasteiger partial charge in [0, 0.05) is 15.5 Å². The Labute approximate surface area is 131 Å². The molecular formula is C13H17Br2NO2S. The molecule has 0 aromatic heterocycles. The van der Waals surface area contributed by atoms with Crippen molar-refractivity contribution in [3.63, 3.8) is 0 Å². The van der Waals surface area contributed by atoms with Crippen LogP contribution in [0.2, 0.25) is 0 Å². The van der Waals surface area contributed by atoms with Gasteiger partial charge in [-0.05, 0) is 52.4 Å². The Kier molecular flexibility index (Phi) is 5.09. The quantitative estimate of drug-likeness (QED) is 0.817. The largest absolute Gasteiger partial charge is 0.241 e. The van der Waals surface area contributed by atoms with Crippen molar-refractivity contribution in [3.05, 3.63) is 27.1 Å². The van der Waals surface area contributed by atoms with E-state index < -0.39 is 10.0 Å². The Morgan fingerprint density at radius 2 is 2.05 bits per heavy atom. The van der Waals surface area contributed by atoms with Crippen LogP contribution in [0.5, 0.6) is 0 Å². The number of halogens is 2. The zero-order chi connectivity index (χ0) is 14.0. The van der Waals surface area contributed by atoms with Crippen LogP contribution >= 0.6 is 31.9 Å². The van der Waals surface area contributed by atoms with Crippen molar-refractivity contribution in [2.75, 3.05) is 6.54 Å². The molecule has 0 amide bonds. The van der Waals surface area contributed by atoms with Gasteiger partial charge in [-0.25, -0.2) is 13.1 Å². The van der Waals surface area contributed by atoms with E-state index in [2.05, 4.69) is 43.5 Å². The lowest BCUT2D eigenvalue weighted by Gasteiger charge is -2.16. The molecule has 0 spiro atoms. The summed E-state index contributed by atoms with van der Waals surface area (Å²) in [4.78, 5) is 0.293. The molecule has 1 N–H and O–H groups in total. The van der Waals surface area contributed by atoms with E-state index in [0.29, 0.717) is 27.7 Å². The molecule has 2 unspecified atom stereocenters. The highest BCUT2D eigenvalue weighted by atomic mass is 79.9. The van der Waals surface area contributed by atoms with Crippen molar-refractivity contribution in [2.45, 2.75) is 31.1 Å². The van der Waals surface area contributed by atoms with Gasteiger partial charge in [0.25, 0.3) is 0 Å². The second kappa shape index (κ2) is 6.24. The van der Waals surface area contributed by atoms with E-state index in [9.17, 15) is 8.42 Å². The number of sulfonamides is 1. The summed E-state index contributed by atoms with van der Waals surface area (Å²) in [5.74, 6) is 1.07. The summed E-state index contributed by atoms with van der Waals surface area (Å²) in [6.07, 6.45) is 3.52. The number of rotatable bonds is 4. The Bertz CT molecular complexity index is 560. The van der Waals surface area contributed by atoms with E-state index >= 15 is 0 Å². The molecule has 1 aliphatic rings. The molecule has 1 aromatic carbocycles. The first-order valence-electron chi connectivity index (χ1n) is 6.35. The van der Waals surface area contributed by atoms with Crippen LogP contribution in [0.25, 0.3) is 0 Å². The summed E-state index contributed by atoms with van der Waals surface area (Å²) in [5.41, 5.74) is 0. The standard InChI is InChI=1S/C13H17Br2NO2S/c1-9-3-2-4-10(9)8-16-19(17,18)13-6-5-11(14)7-12(13)15/h5-7,9-10,16H,2-4,8H2,1H3. The minimum Gasteiger partial charge on any atom is -0.211 e. The van der Waals surface area contributed by atoms with Gasteiger partial charge in [0.2, 0.25) is 10.0 Å². The SMILES string of the molecule is CC1CCCC1CNS(=O)(=O)c1ccc(Br)cc1Br. The molecule has 0 saturated heterocycles. The van der Waals surface area contributed by atoms with Crippen molar-refractivity contribution in [3.8, 4) is 0 Å². The zero-order valence-corrected chi connectivity index (χ0v) is 14.7. The monoisotopic (exact) mass is 409 g/mol. The topological polar surface area (TPSA) is 46.2 Å². The van der Waals surface area contributed by atoms with E-state index in [0.717, 1.165) is 10.9 Å². The third-order valence-corrected chi connectivity index (χ3v) is 6.65. The molecule has 1 saturated carbocycles. The predicted octanol–water partition coefficient (Wildman–Crippen LogP) is 3.93. The van der Waals surface area contributed by atoms with Gasteiger partial charge < -0.3 is 0 Å². The summed E-state index contributed by atoms with van der Waals surface area (Å²) in [5, 5.41) is 0. The van der Waals surface area contributed by atoms with Crippen LogP contribution in [0.3, 0.4) is 0 Å². The minimum atomic E-state index is -3.44. The highest BCUT2D eigenvalue weighted by Gasteiger charge is 2.26. The van der Waals surface area contributed by atoms with Gasteiger partial charge in [0.05, 0.1) is 4.90 Å². The summed E-state index contributed by atoms with van der Waals surface area (Å²) in [7, 11) is -3.44. The van der Waals surface area contributed by atoms with Crippen molar-refractivity contribution >= 4 is 41.9 Å². The summed E-state index contributed by atoms with van der Waals surface area (Å²) in [6, 6.07) is 5.08. The van der Waals surface area contributed by atoms with Crippen LogP contribution in [0, 0.1) is 11.8 Å². The lowest BCUT2D eigenvalue weighted by Crippen LogP contribution is -2.30. The van der Waals surface area contributed by atoms with Crippen molar-refractivity contribution in [1.82, 2.24) is 4.72 Å². The molecule has 2 atom stereocenters. The van der Waals surface area contributed by atoms with Gasteiger partial charge in [-0.3, -0.25) is 0 Å². The van der Waals surface area contributed by atoms with Crippen LogP contribution in [0.1, 0.15) is 26.2 Å². The molecule has 6 heteroatoms. The summed E-state index contributed by atoms with van der Waals surface area (Å²) < 4.78 is 28.7. The van der Waals surface area contributed by atoms with E-state index in [1.807, 2.05) is 0 Å². The normalized spacial score (nSPS) is 23.7. The van der Waals surface area contributed by atoms with E-state index in [4.69, 9.17) is 0 Å². The second-order valence-corrected chi connectivity index (χ2v) is 8.60. The predicted molar refractivity (Wildman–Crippen MR) is 83.5 cm³/mol. The van der Waals surface area contributed by atoms with Gasteiger partial charge in [-0.15, -0.1) is 0 Å². The Morgan fingerprint density at radius 1 is 1.32 bits per heavy atom. The van der Waals surface area contributed by atoms with Crippen LogP contribution in [-0.2, 0) is 10.0 Å². The zero-order valence-electron chi connectivity index (χ0n) is 10.7. The number of hydrogen-bond acceptors (Lipinski definition) is 2. The van der Waals surface area contributed by atoms with Crippen LogP contribution in [0.15, 0.2) is 32.0 Å². The lowest BCUT2D eigenvalue weighted by atomic mass is 9.99. The second-order valence-electron chi connectivity index (χ2n) is 5.09. The number of benzene rings is 1. The molecule has 0 bridgehead atoms. The molecule has 0 aliphatic heterocycles. The van der Waals surface area contributed by atoms with Gasteiger partial charge in [0.1, 0.15) is 0 Å². The lowest BCUT2D eigenvalue weighted by molar-refractivity contribution is 0.414. The third-order valence-electron chi connectivity index (χ3n) is 3.76. The first kappa shape index (κ1) is 15.5. The average molecular weight is 411 g/mol. The van der Waals surface area contributed by atoms with Crippen LogP contribution in [0.4, 0.5) is 0 Å². The summed E-state index contributed by atoms with van der Waals surface area (Å²) in [6.45, 7) is 2.73. The molecule has 106 valence electrons. The highest BCUT2D eigenvalue weighted by molar-refractivity contribution is 9.11. The van der Waals surface area contributed by atoms with Crippen LogP contribution in [-0.4, -0.2) is 15.0 Å². The highest BCUT2D eigenvalue weighted by Crippen LogP contribution is 2.31. The first-order valence-corrected chi connectivity index (χ1v) is 9.42. The molecule has 1 fully saturated rings. The van der Waals surface area contributed by atoms with Crippen LogP contribution < -0.4 is 4.72 Å². The fraction of sp³-hybridized carbons (Fsp3) is 0.538. The van der Waals surface area contributed by atoms with Gasteiger partial charge >= 0.3 is 0 Å². The van der Waals surface area contributed by atoms with Gasteiger partial charge in [0.15, 0.2) is 0 Å². The molecule has 3 nitrogen and oxygen atoms in total. The smallest absolute Gasteiger partial charge is 0.211 e. The first-order chi connectivity index (χ1) is 8.90. The van der Waals surface area contributed by atoms with Crippen molar-refractivity contribution < 1.29 is 8.42 Å². The molecular weight excluding hydrogens is 394 g/mol. The van der Waals surface area contributed by atoms with Gasteiger partial charge in [-0.2, -0.15) is 0 Å². The molecule has 0 radical (unpaired) electrons. The van der Waals surface area contributed by atoms with Crippen molar-refractivity contribution in [2.24, 2.45) is 11.8 Å². The maximum atomic E-state index is 12.3. The van der Waals surface area contributed by atoms with E-state index in [1.165, 1.54) is 12.8 Å². The van der Waals surface area contributed by atoms with Gasteiger partial charge in [-0.1, -0.05) is 35.7 Å². The fourth-order valence-electron chi connectivity index (χ4n) is 2.51. The van der Waals surface area contributed by atoms with Crippen molar-refractivity contribution in [1.29, 1.82) is 0 Å². The molecule has 0 heterocycles. The maximum absolute atomic E-state index is 12.3. The Balaban J connectivity index is 2.09. The minimum absolute atomic E-state index is 0.293. The van der Waals surface area contributed by atoms with E-state index in [1.54, 1.807) is 18.2 Å². The molecule has 1 aromatic rings. The Morgan fingerprint density at radius 3 is 2.63 bits per heavy atom. The molecule has 2 rings (SSSR count).